The monoisotopic (exact) mass is 437 g/mol. The first-order chi connectivity index (χ1) is 15.1. The van der Waals surface area contributed by atoms with E-state index in [1.807, 2.05) is 28.8 Å². The van der Waals surface area contributed by atoms with E-state index in [1.54, 1.807) is 24.7 Å². The Kier molecular flexibility index (Phi) is 5.00. The topological polar surface area (TPSA) is 108 Å². The van der Waals surface area contributed by atoms with Gasteiger partial charge in [0.15, 0.2) is 17.1 Å². The van der Waals surface area contributed by atoms with Gasteiger partial charge >= 0.3 is 0 Å². The van der Waals surface area contributed by atoms with Crippen LogP contribution in [0.25, 0.3) is 22.6 Å². The summed E-state index contributed by atoms with van der Waals surface area (Å²) in [7, 11) is -3.73. The fourth-order valence-corrected chi connectivity index (χ4v) is 4.49. The van der Waals surface area contributed by atoms with Gasteiger partial charge in [-0.1, -0.05) is 0 Å². The Bertz CT molecular complexity index is 1340. The summed E-state index contributed by atoms with van der Waals surface area (Å²) in [6, 6.07) is 12.0. The Labute approximate surface area is 178 Å². The molecule has 9 nitrogen and oxygen atoms in total. The predicted octanol–water partition coefficient (Wildman–Crippen LogP) is 2.24. The molecule has 0 radical (unpaired) electrons. The Morgan fingerprint density at radius 2 is 1.81 bits per heavy atom. The van der Waals surface area contributed by atoms with E-state index < -0.39 is 10.0 Å². The average molecular weight is 437 g/mol. The lowest BCUT2D eigenvalue weighted by molar-refractivity contribution is 0.171. The zero-order valence-electron chi connectivity index (χ0n) is 16.4. The number of nitrogens with one attached hydrogen (secondary N) is 1. The number of hydrogen-bond donors (Lipinski definition) is 1. The van der Waals surface area contributed by atoms with Gasteiger partial charge in [-0.25, -0.2) is 23.1 Å². The van der Waals surface area contributed by atoms with Crippen molar-refractivity contribution in [1.29, 1.82) is 0 Å². The van der Waals surface area contributed by atoms with Crippen molar-refractivity contribution in [2.75, 3.05) is 19.8 Å². The minimum atomic E-state index is -3.73. The number of nitrogens with zero attached hydrogens (tertiary/aromatic N) is 4. The molecule has 10 heteroatoms. The number of imidazole rings is 1. The van der Waals surface area contributed by atoms with E-state index in [1.165, 1.54) is 12.1 Å². The summed E-state index contributed by atoms with van der Waals surface area (Å²) in [4.78, 5) is 13.3. The maximum absolute atomic E-state index is 12.8. The van der Waals surface area contributed by atoms with Crippen molar-refractivity contribution in [3.8, 4) is 22.9 Å². The molecule has 0 atom stereocenters. The first-order valence-electron chi connectivity index (χ1n) is 9.73. The van der Waals surface area contributed by atoms with Crippen LogP contribution in [0.4, 0.5) is 0 Å². The highest BCUT2D eigenvalue weighted by Crippen LogP contribution is 2.32. The minimum absolute atomic E-state index is 0.125. The smallest absolute Gasteiger partial charge is 0.240 e. The van der Waals surface area contributed by atoms with E-state index in [9.17, 15) is 8.42 Å². The summed E-state index contributed by atoms with van der Waals surface area (Å²) < 4.78 is 41.1. The SMILES string of the molecule is O=S(=O)(NCCn1c(-c2ccncc2)nc2cccnc21)c1ccc2c(c1)OCCO2. The normalized spacial score (nSPS) is 13.4. The third-order valence-corrected chi connectivity index (χ3v) is 6.35. The van der Waals surface area contributed by atoms with Crippen LogP contribution in [0.3, 0.4) is 0 Å². The summed E-state index contributed by atoms with van der Waals surface area (Å²) in [5.41, 5.74) is 2.31. The Morgan fingerprint density at radius 3 is 2.65 bits per heavy atom. The zero-order valence-corrected chi connectivity index (χ0v) is 17.2. The van der Waals surface area contributed by atoms with Gasteiger partial charge in [-0.3, -0.25) is 4.98 Å². The van der Waals surface area contributed by atoms with Crippen LogP contribution in [-0.4, -0.2) is 47.7 Å². The van der Waals surface area contributed by atoms with Gasteiger partial charge in [0.1, 0.15) is 24.6 Å². The number of pyridine rings is 2. The molecule has 1 aliphatic rings. The van der Waals surface area contributed by atoms with Crippen molar-refractivity contribution in [3.05, 3.63) is 61.1 Å². The van der Waals surface area contributed by atoms with E-state index in [0.29, 0.717) is 42.7 Å². The summed E-state index contributed by atoms with van der Waals surface area (Å²) in [5, 5.41) is 0. The van der Waals surface area contributed by atoms with Crippen molar-refractivity contribution in [2.45, 2.75) is 11.4 Å². The van der Waals surface area contributed by atoms with E-state index in [-0.39, 0.29) is 11.4 Å². The molecule has 0 saturated heterocycles. The molecule has 5 rings (SSSR count). The Hall–Kier alpha value is -3.50. The van der Waals surface area contributed by atoms with Crippen LogP contribution >= 0.6 is 0 Å². The quantitative estimate of drug-likeness (QED) is 0.493. The fraction of sp³-hybridized carbons (Fsp3) is 0.190. The van der Waals surface area contributed by atoms with Gasteiger partial charge in [-0.15, -0.1) is 0 Å². The number of rotatable bonds is 6. The molecule has 1 aliphatic heterocycles. The lowest BCUT2D eigenvalue weighted by Gasteiger charge is -2.19. The maximum Gasteiger partial charge on any atom is 0.240 e. The molecule has 0 bridgehead atoms. The molecule has 0 saturated carbocycles. The minimum Gasteiger partial charge on any atom is -0.486 e. The molecule has 1 N–H and O–H groups in total. The summed E-state index contributed by atoms with van der Waals surface area (Å²) in [6.45, 7) is 1.36. The number of hydrogen-bond acceptors (Lipinski definition) is 7. The molecule has 0 unspecified atom stereocenters. The fourth-order valence-electron chi connectivity index (χ4n) is 3.46. The van der Waals surface area contributed by atoms with Gasteiger partial charge in [-0.05, 0) is 36.4 Å². The second-order valence-corrected chi connectivity index (χ2v) is 8.64. The largest absolute Gasteiger partial charge is 0.486 e. The molecule has 0 fully saturated rings. The average Bonchev–Trinajstić information content (AvgIpc) is 3.18. The molecular formula is C21H19N5O4S. The molecule has 0 spiro atoms. The number of sulfonamides is 1. The summed E-state index contributed by atoms with van der Waals surface area (Å²) >= 11 is 0. The maximum atomic E-state index is 12.8. The van der Waals surface area contributed by atoms with Crippen LogP contribution in [0.15, 0.2) is 66.0 Å². The van der Waals surface area contributed by atoms with E-state index in [2.05, 4.69) is 19.7 Å². The van der Waals surface area contributed by atoms with Gasteiger partial charge in [0.05, 0.1) is 4.90 Å². The Balaban J connectivity index is 1.39. The molecule has 4 aromatic rings. The first-order valence-corrected chi connectivity index (χ1v) is 11.2. The summed E-state index contributed by atoms with van der Waals surface area (Å²) in [6.07, 6.45) is 5.07. The molecule has 0 aliphatic carbocycles. The van der Waals surface area contributed by atoms with Crippen molar-refractivity contribution < 1.29 is 17.9 Å². The standard InChI is InChI=1S/C21H19N5O4S/c27-31(28,16-3-4-18-19(14-16)30-13-12-29-18)24-10-11-26-20(15-5-8-22-9-6-15)25-17-2-1-7-23-21(17)26/h1-9,14,24H,10-13H2. The predicted molar refractivity (Wildman–Crippen MR) is 113 cm³/mol. The van der Waals surface area contributed by atoms with Crippen LogP contribution in [0, 0.1) is 0 Å². The molecule has 3 aromatic heterocycles. The van der Waals surface area contributed by atoms with Crippen LogP contribution in [-0.2, 0) is 16.6 Å². The number of aromatic nitrogens is 4. The molecule has 31 heavy (non-hydrogen) atoms. The molecule has 158 valence electrons. The second-order valence-electron chi connectivity index (χ2n) is 6.87. The number of fused-ring (bicyclic) bond motifs is 2. The van der Waals surface area contributed by atoms with Crippen molar-refractivity contribution in [2.24, 2.45) is 0 Å². The van der Waals surface area contributed by atoms with Gasteiger partial charge < -0.3 is 14.0 Å². The lowest BCUT2D eigenvalue weighted by atomic mass is 10.2. The van der Waals surface area contributed by atoms with Crippen LogP contribution in [0.5, 0.6) is 11.5 Å². The highest BCUT2D eigenvalue weighted by Gasteiger charge is 2.20. The van der Waals surface area contributed by atoms with E-state index in [0.717, 1.165) is 11.1 Å². The van der Waals surface area contributed by atoms with Crippen LogP contribution in [0.2, 0.25) is 0 Å². The van der Waals surface area contributed by atoms with Crippen LogP contribution in [0.1, 0.15) is 0 Å². The molecule has 4 heterocycles. The number of benzene rings is 1. The van der Waals surface area contributed by atoms with Crippen molar-refractivity contribution in [3.63, 3.8) is 0 Å². The summed E-state index contributed by atoms with van der Waals surface area (Å²) in [5.74, 6) is 1.68. The van der Waals surface area contributed by atoms with Gasteiger partial charge in [0, 0.05) is 43.3 Å². The van der Waals surface area contributed by atoms with E-state index >= 15 is 0 Å². The van der Waals surface area contributed by atoms with Gasteiger partial charge in [-0.2, -0.15) is 0 Å². The number of ether oxygens (including phenoxy) is 2. The first kappa shape index (κ1) is 19.5. The van der Waals surface area contributed by atoms with Crippen molar-refractivity contribution >= 4 is 21.2 Å². The van der Waals surface area contributed by atoms with E-state index in [4.69, 9.17) is 9.47 Å². The van der Waals surface area contributed by atoms with Crippen molar-refractivity contribution in [1.82, 2.24) is 24.2 Å². The Morgan fingerprint density at radius 1 is 1.00 bits per heavy atom. The van der Waals surface area contributed by atoms with Gasteiger partial charge in [0.25, 0.3) is 0 Å². The molecule has 0 amide bonds. The highest BCUT2D eigenvalue weighted by atomic mass is 32.2. The molecule has 1 aromatic carbocycles. The van der Waals surface area contributed by atoms with Crippen LogP contribution < -0.4 is 14.2 Å². The third-order valence-electron chi connectivity index (χ3n) is 4.89. The highest BCUT2D eigenvalue weighted by molar-refractivity contribution is 7.89. The second kappa shape index (κ2) is 7.97. The lowest BCUT2D eigenvalue weighted by Crippen LogP contribution is -2.28. The molecular weight excluding hydrogens is 418 g/mol. The third kappa shape index (κ3) is 3.82. The van der Waals surface area contributed by atoms with Gasteiger partial charge in [0.2, 0.25) is 10.0 Å². The zero-order chi connectivity index (χ0) is 21.3.